The van der Waals surface area contributed by atoms with Gasteiger partial charge in [-0.05, 0) is 61.1 Å². The minimum atomic E-state index is -0.504. The van der Waals surface area contributed by atoms with Gasteiger partial charge < -0.3 is 23.9 Å². The number of hydrogen-bond donors (Lipinski definition) is 1. The summed E-state index contributed by atoms with van der Waals surface area (Å²) in [5, 5.41) is 1.06. The molecule has 0 radical (unpaired) electrons. The molecular weight excluding hydrogens is 422 g/mol. The van der Waals surface area contributed by atoms with Gasteiger partial charge in [-0.25, -0.2) is 4.79 Å². The van der Waals surface area contributed by atoms with Gasteiger partial charge in [0.25, 0.3) is 11.8 Å². The number of furan rings is 1. The highest BCUT2D eigenvalue weighted by atomic mass is 16.5. The number of benzene rings is 1. The van der Waals surface area contributed by atoms with Gasteiger partial charge in [0, 0.05) is 42.8 Å². The van der Waals surface area contributed by atoms with Crippen molar-refractivity contribution in [3.63, 3.8) is 0 Å². The van der Waals surface area contributed by atoms with Crippen molar-refractivity contribution in [3.8, 4) is 0 Å². The van der Waals surface area contributed by atoms with Crippen molar-refractivity contribution in [1.82, 2.24) is 14.8 Å². The molecule has 0 unspecified atom stereocenters. The number of carbonyl (C=O) groups excluding carboxylic acids is 3. The Kier molecular flexibility index (Phi) is 5.66. The molecule has 8 heteroatoms. The van der Waals surface area contributed by atoms with E-state index < -0.39 is 5.97 Å². The summed E-state index contributed by atoms with van der Waals surface area (Å²) in [4.78, 5) is 44.3. The van der Waals surface area contributed by atoms with Crippen LogP contribution in [0.25, 0.3) is 10.9 Å². The molecule has 33 heavy (non-hydrogen) atoms. The zero-order chi connectivity index (χ0) is 22.9. The number of ether oxygens (including phenoxy) is 1. The van der Waals surface area contributed by atoms with Crippen molar-refractivity contribution >= 4 is 28.7 Å². The van der Waals surface area contributed by atoms with Gasteiger partial charge in [0.2, 0.25) is 0 Å². The van der Waals surface area contributed by atoms with Gasteiger partial charge in [-0.15, -0.1) is 0 Å². The molecule has 1 aliphatic carbocycles. The van der Waals surface area contributed by atoms with Crippen molar-refractivity contribution in [1.29, 1.82) is 0 Å². The lowest BCUT2D eigenvalue weighted by molar-refractivity contribution is -0.136. The summed E-state index contributed by atoms with van der Waals surface area (Å²) < 4.78 is 10.5. The van der Waals surface area contributed by atoms with E-state index in [0.717, 1.165) is 23.7 Å². The summed E-state index contributed by atoms with van der Waals surface area (Å²) in [6.45, 7) is 3.54. The number of piperazine rings is 1. The molecule has 1 aromatic carbocycles. The lowest BCUT2D eigenvalue weighted by Crippen LogP contribution is -2.51. The van der Waals surface area contributed by atoms with Gasteiger partial charge in [-0.3, -0.25) is 9.59 Å². The molecule has 0 saturated carbocycles. The van der Waals surface area contributed by atoms with E-state index in [1.165, 1.54) is 23.9 Å². The summed E-state index contributed by atoms with van der Waals surface area (Å²) in [5.41, 5.74) is 4.03. The molecule has 2 aromatic heterocycles. The third-order valence-electron chi connectivity index (χ3n) is 6.65. The Labute approximate surface area is 191 Å². The second-order valence-electron chi connectivity index (χ2n) is 8.92. The Balaban J connectivity index is 1.17. The van der Waals surface area contributed by atoms with Crippen LogP contribution >= 0.6 is 0 Å². The zero-order valence-electron chi connectivity index (χ0n) is 18.6. The Morgan fingerprint density at radius 3 is 2.67 bits per heavy atom. The third-order valence-corrected chi connectivity index (χ3v) is 6.65. The standard InChI is InChI=1S/C25H27N3O5/c1-16-4-6-20-18(13-16)19-14-17(5-7-21(19)26-20)25(31)33-15-23(29)27-8-10-28(11-9-27)24(30)22-3-2-12-32-22/h2-3,5,7,12,14,16,26H,4,6,8-11,13,15H2,1H3/t16-/m0/s1. The number of aryl methyl sites for hydroxylation is 1. The number of fused-ring (bicyclic) bond motifs is 3. The van der Waals surface area contributed by atoms with Gasteiger partial charge in [0.05, 0.1) is 11.8 Å². The second kappa shape index (κ2) is 8.77. The largest absolute Gasteiger partial charge is 0.459 e. The van der Waals surface area contributed by atoms with E-state index in [1.54, 1.807) is 28.0 Å². The average molecular weight is 450 g/mol. The van der Waals surface area contributed by atoms with Crippen LogP contribution in [-0.4, -0.2) is 65.4 Å². The monoisotopic (exact) mass is 449 g/mol. The smallest absolute Gasteiger partial charge is 0.338 e. The van der Waals surface area contributed by atoms with E-state index in [9.17, 15) is 14.4 Å². The van der Waals surface area contributed by atoms with E-state index in [1.807, 2.05) is 12.1 Å². The number of esters is 1. The number of rotatable bonds is 4. The van der Waals surface area contributed by atoms with Crippen molar-refractivity contribution in [2.75, 3.05) is 32.8 Å². The topological polar surface area (TPSA) is 95.9 Å². The van der Waals surface area contributed by atoms with Crippen LogP contribution in [0.4, 0.5) is 0 Å². The van der Waals surface area contributed by atoms with Gasteiger partial charge in [0.1, 0.15) is 0 Å². The maximum absolute atomic E-state index is 12.6. The first-order valence-corrected chi connectivity index (χ1v) is 11.4. The normalized spacial score (nSPS) is 18.3. The SMILES string of the molecule is C[C@H]1CCc2[nH]c3ccc(C(=O)OCC(=O)N4CCN(C(=O)c5ccco5)CC4)cc3c2C1. The maximum Gasteiger partial charge on any atom is 0.338 e. The number of aromatic nitrogens is 1. The molecule has 172 valence electrons. The minimum absolute atomic E-state index is 0.185. The quantitative estimate of drug-likeness (QED) is 0.618. The number of hydrogen-bond acceptors (Lipinski definition) is 5. The van der Waals surface area contributed by atoms with E-state index in [2.05, 4.69) is 11.9 Å². The summed E-state index contributed by atoms with van der Waals surface area (Å²) in [7, 11) is 0. The van der Waals surface area contributed by atoms with Crippen LogP contribution in [0.2, 0.25) is 0 Å². The Hall–Kier alpha value is -3.55. The Morgan fingerprint density at radius 1 is 1.12 bits per heavy atom. The van der Waals surface area contributed by atoms with Crippen LogP contribution in [0.5, 0.6) is 0 Å². The van der Waals surface area contributed by atoms with E-state index in [-0.39, 0.29) is 18.4 Å². The highest BCUT2D eigenvalue weighted by Gasteiger charge is 2.27. The van der Waals surface area contributed by atoms with Gasteiger partial charge >= 0.3 is 5.97 Å². The van der Waals surface area contributed by atoms with Gasteiger partial charge in [0.15, 0.2) is 12.4 Å². The first kappa shape index (κ1) is 21.3. The molecule has 5 rings (SSSR count). The van der Waals surface area contributed by atoms with Crippen molar-refractivity contribution < 1.29 is 23.5 Å². The molecule has 1 fully saturated rings. The molecule has 2 aliphatic rings. The van der Waals surface area contributed by atoms with Crippen molar-refractivity contribution in [2.45, 2.75) is 26.2 Å². The first-order chi connectivity index (χ1) is 16.0. The average Bonchev–Trinajstić information content (AvgIpc) is 3.50. The van der Waals surface area contributed by atoms with Crippen LogP contribution in [0, 0.1) is 5.92 Å². The van der Waals surface area contributed by atoms with Crippen molar-refractivity contribution in [2.24, 2.45) is 5.92 Å². The lowest BCUT2D eigenvalue weighted by Gasteiger charge is -2.34. The fourth-order valence-corrected chi connectivity index (χ4v) is 4.74. The minimum Gasteiger partial charge on any atom is -0.459 e. The molecular formula is C25H27N3O5. The van der Waals surface area contributed by atoms with E-state index in [4.69, 9.17) is 9.15 Å². The molecule has 8 nitrogen and oxygen atoms in total. The Bertz CT molecular complexity index is 1190. The van der Waals surface area contributed by atoms with Crippen LogP contribution in [0.3, 0.4) is 0 Å². The molecule has 3 aromatic rings. The number of amides is 2. The van der Waals surface area contributed by atoms with Crippen molar-refractivity contribution in [3.05, 3.63) is 59.2 Å². The third kappa shape index (κ3) is 4.25. The van der Waals surface area contributed by atoms with Crippen LogP contribution in [0.15, 0.2) is 41.0 Å². The number of nitrogens with zero attached hydrogens (tertiary/aromatic N) is 2. The number of H-pyrrole nitrogens is 1. The highest BCUT2D eigenvalue weighted by Crippen LogP contribution is 2.32. The summed E-state index contributed by atoms with van der Waals surface area (Å²) in [5.74, 6) is -0.0354. The highest BCUT2D eigenvalue weighted by molar-refractivity contribution is 5.97. The molecule has 1 aliphatic heterocycles. The maximum atomic E-state index is 12.6. The van der Waals surface area contributed by atoms with Crippen LogP contribution in [-0.2, 0) is 22.4 Å². The zero-order valence-corrected chi connectivity index (χ0v) is 18.6. The molecule has 1 saturated heterocycles. The number of nitrogens with one attached hydrogen (secondary N) is 1. The van der Waals surface area contributed by atoms with Crippen LogP contribution < -0.4 is 0 Å². The summed E-state index contributed by atoms with van der Waals surface area (Å²) >= 11 is 0. The Morgan fingerprint density at radius 2 is 1.91 bits per heavy atom. The molecule has 0 bridgehead atoms. The summed E-state index contributed by atoms with van der Waals surface area (Å²) in [6, 6.07) is 8.81. The van der Waals surface area contributed by atoms with Gasteiger partial charge in [-0.1, -0.05) is 6.92 Å². The lowest BCUT2D eigenvalue weighted by atomic mass is 9.87. The van der Waals surface area contributed by atoms with E-state index >= 15 is 0 Å². The molecule has 1 N–H and O–H groups in total. The predicted molar refractivity (Wildman–Crippen MR) is 121 cm³/mol. The number of carbonyl (C=O) groups is 3. The molecule has 0 spiro atoms. The fraction of sp³-hybridized carbons (Fsp3) is 0.400. The first-order valence-electron chi connectivity index (χ1n) is 11.4. The van der Waals surface area contributed by atoms with Gasteiger partial charge in [-0.2, -0.15) is 0 Å². The van der Waals surface area contributed by atoms with Crippen LogP contribution in [0.1, 0.15) is 45.5 Å². The summed E-state index contributed by atoms with van der Waals surface area (Å²) in [6.07, 6.45) is 4.66. The second-order valence-corrected chi connectivity index (χ2v) is 8.92. The number of aromatic amines is 1. The molecule has 1 atom stereocenters. The molecule has 2 amide bonds. The predicted octanol–water partition coefficient (Wildman–Crippen LogP) is 3.03. The molecule has 3 heterocycles. The van der Waals surface area contributed by atoms with E-state index in [0.29, 0.717) is 43.4 Å². The fourth-order valence-electron chi connectivity index (χ4n) is 4.74.